The number of hydrogen-bond donors (Lipinski definition) is 0. The van der Waals surface area contributed by atoms with E-state index in [1.165, 1.54) is 38.6 Å². The summed E-state index contributed by atoms with van der Waals surface area (Å²) in [6, 6.07) is 0.763. The molecular formula is C20H39N. The quantitative estimate of drug-likeness (QED) is 0.514. The van der Waals surface area contributed by atoms with E-state index in [0.29, 0.717) is 0 Å². The molecule has 1 aliphatic rings. The van der Waals surface area contributed by atoms with E-state index in [9.17, 15) is 0 Å². The summed E-state index contributed by atoms with van der Waals surface area (Å²) >= 11 is 0. The van der Waals surface area contributed by atoms with Crippen molar-refractivity contribution >= 4 is 0 Å². The van der Waals surface area contributed by atoms with E-state index in [1.807, 2.05) is 0 Å². The van der Waals surface area contributed by atoms with Gasteiger partial charge in [-0.25, -0.2) is 0 Å². The van der Waals surface area contributed by atoms with Gasteiger partial charge < -0.3 is 0 Å². The minimum atomic E-state index is 0.763. The van der Waals surface area contributed by atoms with Crippen molar-refractivity contribution in [2.75, 3.05) is 13.1 Å². The molecule has 0 radical (unpaired) electrons. The Hall–Kier alpha value is -0.300. The first-order valence-electron chi connectivity index (χ1n) is 9.38. The van der Waals surface area contributed by atoms with Crippen LogP contribution in [0.2, 0.25) is 0 Å². The Morgan fingerprint density at radius 2 is 1.76 bits per heavy atom. The van der Waals surface area contributed by atoms with E-state index >= 15 is 0 Å². The summed E-state index contributed by atoms with van der Waals surface area (Å²) in [6.07, 6.45) is 11.4. The van der Waals surface area contributed by atoms with Crippen LogP contribution in [0.4, 0.5) is 0 Å². The van der Waals surface area contributed by atoms with Crippen molar-refractivity contribution in [2.45, 2.75) is 79.7 Å². The lowest BCUT2D eigenvalue weighted by Crippen LogP contribution is -2.43. The molecule has 5 atom stereocenters. The highest BCUT2D eigenvalue weighted by Gasteiger charge is 2.28. The fourth-order valence-electron chi connectivity index (χ4n) is 3.55. The second kappa shape index (κ2) is 9.66. The van der Waals surface area contributed by atoms with Gasteiger partial charge in [0, 0.05) is 19.1 Å². The molecule has 0 aromatic heterocycles. The molecule has 0 amide bonds. The summed E-state index contributed by atoms with van der Waals surface area (Å²) in [5, 5.41) is 0. The van der Waals surface area contributed by atoms with Crippen molar-refractivity contribution < 1.29 is 0 Å². The largest absolute Gasteiger partial charge is 0.296 e. The Labute approximate surface area is 134 Å². The summed E-state index contributed by atoms with van der Waals surface area (Å²) in [5.41, 5.74) is 0. The van der Waals surface area contributed by atoms with Gasteiger partial charge in [-0.05, 0) is 42.9 Å². The average Bonchev–Trinajstić information content (AvgIpc) is 2.70. The second-order valence-corrected chi connectivity index (χ2v) is 7.67. The predicted molar refractivity (Wildman–Crippen MR) is 95.6 cm³/mol. The van der Waals surface area contributed by atoms with E-state index in [2.05, 4.69) is 58.6 Å². The average molecular weight is 294 g/mol. The molecule has 1 rings (SSSR count). The van der Waals surface area contributed by atoms with E-state index in [4.69, 9.17) is 0 Å². The molecular weight excluding hydrogens is 254 g/mol. The van der Waals surface area contributed by atoms with Gasteiger partial charge in [-0.2, -0.15) is 0 Å². The van der Waals surface area contributed by atoms with E-state index in [0.717, 1.165) is 36.3 Å². The lowest BCUT2D eigenvalue weighted by molar-refractivity contribution is 0.105. The Balaban J connectivity index is 2.76. The minimum Gasteiger partial charge on any atom is -0.296 e. The molecule has 5 unspecified atom stereocenters. The van der Waals surface area contributed by atoms with Gasteiger partial charge in [-0.15, -0.1) is 0 Å². The topological polar surface area (TPSA) is 3.24 Å². The van der Waals surface area contributed by atoms with Crippen molar-refractivity contribution in [3.05, 3.63) is 12.2 Å². The molecule has 0 aromatic carbocycles. The first-order chi connectivity index (χ1) is 9.99. The van der Waals surface area contributed by atoms with Crippen molar-refractivity contribution in [3.8, 4) is 0 Å². The summed E-state index contributed by atoms with van der Waals surface area (Å²) in [7, 11) is 0. The third-order valence-electron chi connectivity index (χ3n) is 5.86. The number of nitrogens with zero attached hydrogens (tertiary/aromatic N) is 1. The van der Waals surface area contributed by atoms with Gasteiger partial charge >= 0.3 is 0 Å². The van der Waals surface area contributed by atoms with Crippen molar-refractivity contribution in [2.24, 2.45) is 23.7 Å². The molecule has 1 heterocycles. The molecule has 0 spiro atoms. The molecule has 0 aliphatic carbocycles. The summed E-state index contributed by atoms with van der Waals surface area (Å²) in [4.78, 5) is 2.79. The van der Waals surface area contributed by atoms with Gasteiger partial charge in [-0.1, -0.05) is 66.5 Å². The van der Waals surface area contributed by atoms with Crippen molar-refractivity contribution in [3.63, 3.8) is 0 Å². The molecule has 1 aliphatic heterocycles. The molecule has 0 fully saturated rings. The van der Waals surface area contributed by atoms with Crippen LogP contribution in [-0.2, 0) is 0 Å². The molecule has 0 saturated carbocycles. The Morgan fingerprint density at radius 3 is 2.38 bits per heavy atom. The zero-order valence-electron chi connectivity index (χ0n) is 15.4. The summed E-state index contributed by atoms with van der Waals surface area (Å²) < 4.78 is 0. The maximum Gasteiger partial charge on any atom is 0.0166 e. The van der Waals surface area contributed by atoms with E-state index in [1.54, 1.807) is 0 Å². The molecule has 124 valence electrons. The first kappa shape index (κ1) is 18.7. The van der Waals surface area contributed by atoms with Crippen LogP contribution < -0.4 is 0 Å². The molecule has 0 N–H and O–H groups in total. The second-order valence-electron chi connectivity index (χ2n) is 7.67. The minimum absolute atomic E-state index is 0.763. The Bertz CT molecular complexity index is 296. The molecule has 0 bridgehead atoms. The zero-order chi connectivity index (χ0) is 15.8. The first-order valence-corrected chi connectivity index (χ1v) is 9.38. The maximum atomic E-state index is 2.79. The summed E-state index contributed by atoms with van der Waals surface area (Å²) in [6.45, 7) is 16.9. The van der Waals surface area contributed by atoms with Crippen LogP contribution in [0.5, 0.6) is 0 Å². The Morgan fingerprint density at radius 1 is 1.05 bits per heavy atom. The lowest BCUT2D eigenvalue weighted by atomic mass is 9.82. The number of rotatable bonds is 8. The molecule has 1 nitrogen and oxygen atoms in total. The van der Waals surface area contributed by atoms with Crippen molar-refractivity contribution in [1.29, 1.82) is 0 Å². The van der Waals surface area contributed by atoms with Crippen LogP contribution in [0.3, 0.4) is 0 Å². The highest BCUT2D eigenvalue weighted by molar-refractivity contribution is 4.94. The number of hydrogen-bond acceptors (Lipinski definition) is 1. The zero-order valence-corrected chi connectivity index (χ0v) is 15.4. The Kier molecular flexibility index (Phi) is 8.63. The van der Waals surface area contributed by atoms with E-state index in [-0.39, 0.29) is 0 Å². The number of allylic oxidation sites excluding steroid dienone is 1. The van der Waals surface area contributed by atoms with Crippen LogP contribution in [-0.4, -0.2) is 24.0 Å². The fraction of sp³-hybridized carbons (Fsp3) is 0.900. The lowest BCUT2D eigenvalue weighted by Gasteiger charge is -2.39. The normalized spacial score (nSPS) is 26.1. The van der Waals surface area contributed by atoms with Gasteiger partial charge in [0.15, 0.2) is 0 Å². The van der Waals surface area contributed by atoms with Gasteiger partial charge in [0.1, 0.15) is 0 Å². The molecule has 0 aromatic rings. The van der Waals surface area contributed by atoms with Gasteiger partial charge in [0.05, 0.1) is 0 Å². The summed E-state index contributed by atoms with van der Waals surface area (Å²) in [5.74, 6) is 3.31. The smallest absolute Gasteiger partial charge is 0.0166 e. The van der Waals surface area contributed by atoms with Crippen LogP contribution in [0.1, 0.15) is 73.6 Å². The predicted octanol–water partition coefficient (Wildman–Crippen LogP) is 5.76. The van der Waals surface area contributed by atoms with E-state index < -0.39 is 0 Å². The fourth-order valence-corrected chi connectivity index (χ4v) is 3.55. The highest BCUT2D eigenvalue weighted by atomic mass is 15.2. The monoisotopic (exact) mass is 293 g/mol. The van der Waals surface area contributed by atoms with Gasteiger partial charge in [-0.3, -0.25) is 4.90 Å². The maximum absolute atomic E-state index is 2.79. The third-order valence-corrected chi connectivity index (χ3v) is 5.86. The standard InChI is InChI=1S/C20H39N/c1-7-16(3)12-13-20(19(6)18(5)8-2)21-14-10-9-11-17(4)15-21/h9-10,16-20H,7-8,11-15H2,1-6H3. The SMILES string of the molecule is CCC(C)CCC(C(C)C(C)CC)N1CC=CCC(C)C1. The van der Waals surface area contributed by atoms with Crippen LogP contribution in [0.15, 0.2) is 12.2 Å². The highest BCUT2D eigenvalue weighted by Crippen LogP contribution is 2.29. The van der Waals surface area contributed by atoms with Crippen molar-refractivity contribution in [1.82, 2.24) is 4.90 Å². The molecule has 21 heavy (non-hydrogen) atoms. The van der Waals surface area contributed by atoms with Gasteiger partial charge in [0.25, 0.3) is 0 Å². The van der Waals surface area contributed by atoms with Crippen LogP contribution >= 0.6 is 0 Å². The molecule has 0 saturated heterocycles. The third kappa shape index (κ3) is 6.14. The molecule has 1 heteroatoms. The van der Waals surface area contributed by atoms with Gasteiger partial charge in [0.2, 0.25) is 0 Å². The van der Waals surface area contributed by atoms with Crippen LogP contribution in [0.25, 0.3) is 0 Å². The van der Waals surface area contributed by atoms with Crippen LogP contribution in [0, 0.1) is 23.7 Å².